The van der Waals surface area contributed by atoms with Crippen molar-refractivity contribution in [2.24, 2.45) is 17.8 Å². The van der Waals surface area contributed by atoms with Crippen molar-refractivity contribution >= 4 is 19.4 Å². The molecule has 3 fully saturated rings. The lowest BCUT2D eigenvalue weighted by molar-refractivity contribution is -0.646. The maximum atomic E-state index is 13.3. The standard InChI is InChI=1S/C21H27ClF3O7P/c1-3-14-6-13-7-16(9-17(22)8-13)20(14)21(32-31-20,29-11-19(23,24)25)15-5-4-12(2)18(10-15)30-33(26,27)28/h4-5,10,13-14,16-17H,3,6-9,11H2,1-2H3,(H2,26,27,28). The second-order valence-corrected chi connectivity index (χ2v) is 11.0. The summed E-state index contributed by atoms with van der Waals surface area (Å²) in [7, 11) is -4.91. The Morgan fingerprint density at radius 2 is 1.94 bits per heavy atom. The fourth-order valence-corrected chi connectivity index (χ4v) is 6.80. The molecule has 1 aliphatic heterocycles. The van der Waals surface area contributed by atoms with Crippen molar-refractivity contribution in [3.63, 3.8) is 0 Å². The monoisotopic (exact) mass is 514 g/mol. The van der Waals surface area contributed by atoms with Gasteiger partial charge in [0, 0.05) is 10.9 Å². The molecular formula is C21H27ClF3O7P. The first kappa shape index (κ1) is 25.2. The summed E-state index contributed by atoms with van der Waals surface area (Å²) < 4.78 is 61.7. The van der Waals surface area contributed by atoms with Crippen LogP contribution >= 0.6 is 19.4 Å². The SMILES string of the molecule is CCC1CC2CC(Cl)CC(C2)C12OOC2(OCC(F)(F)F)c1ccc(C)c(OP(=O)(O)O)c1. The van der Waals surface area contributed by atoms with Crippen LogP contribution in [-0.4, -0.2) is 33.5 Å². The van der Waals surface area contributed by atoms with Crippen molar-refractivity contribution in [3.05, 3.63) is 29.3 Å². The van der Waals surface area contributed by atoms with Gasteiger partial charge in [-0.1, -0.05) is 25.5 Å². The number of hydrogen-bond donors (Lipinski definition) is 2. The van der Waals surface area contributed by atoms with Crippen LogP contribution in [0.5, 0.6) is 5.75 Å². The van der Waals surface area contributed by atoms with E-state index in [-0.39, 0.29) is 28.5 Å². The van der Waals surface area contributed by atoms with Gasteiger partial charge in [-0.05, 0) is 62.0 Å². The summed E-state index contributed by atoms with van der Waals surface area (Å²) in [6.07, 6.45) is -1.21. The highest BCUT2D eigenvalue weighted by molar-refractivity contribution is 7.46. The summed E-state index contributed by atoms with van der Waals surface area (Å²) in [6.45, 7) is 1.92. The molecule has 2 bridgehead atoms. The summed E-state index contributed by atoms with van der Waals surface area (Å²) in [6, 6.07) is 4.27. The lowest BCUT2D eigenvalue weighted by atomic mass is 9.54. The molecule has 2 saturated carbocycles. The first-order chi connectivity index (χ1) is 15.3. The van der Waals surface area contributed by atoms with Crippen molar-refractivity contribution in [1.82, 2.24) is 0 Å². The van der Waals surface area contributed by atoms with E-state index >= 15 is 0 Å². The van der Waals surface area contributed by atoms with Crippen molar-refractivity contribution in [2.75, 3.05) is 6.61 Å². The molecule has 7 nitrogen and oxygen atoms in total. The minimum absolute atomic E-state index is 0.139. The number of phosphoric acid groups is 1. The van der Waals surface area contributed by atoms with Crippen molar-refractivity contribution in [1.29, 1.82) is 0 Å². The van der Waals surface area contributed by atoms with Gasteiger partial charge < -0.3 is 9.26 Å². The Kier molecular flexibility index (Phi) is 6.62. The second kappa shape index (κ2) is 8.66. The Morgan fingerprint density at radius 3 is 2.52 bits per heavy atom. The van der Waals surface area contributed by atoms with Gasteiger partial charge in [0.1, 0.15) is 12.4 Å². The number of aryl methyl sites for hydroxylation is 1. The van der Waals surface area contributed by atoms with Gasteiger partial charge in [0.2, 0.25) is 0 Å². The van der Waals surface area contributed by atoms with Gasteiger partial charge in [0.15, 0.2) is 5.60 Å². The van der Waals surface area contributed by atoms with E-state index in [1.165, 1.54) is 18.2 Å². The third kappa shape index (κ3) is 4.56. The van der Waals surface area contributed by atoms with Gasteiger partial charge in [-0.2, -0.15) is 18.1 Å². The van der Waals surface area contributed by atoms with Crippen LogP contribution in [0.15, 0.2) is 18.2 Å². The number of phosphoric ester groups is 1. The van der Waals surface area contributed by atoms with E-state index in [2.05, 4.69) is 0 Å². The summed E-state index contributed by atoms with van der Waals surface area (Å²) in [4.78, 5) is 29.8. The molecule has 1 spiro atoms. The molecule has 186 valence electrons. The van der Waals surface area contributed by atoms with Gasteiger partial charge in [0.25, 0.3) is 5.79 Å². The van der Waals surface area contributed by atoms with Crippen molar-refractivity contribution in [3.8, 4) is 5.75 Å². The summed E-state index contributed by atoms with van der Waals surface area (Å²) in [5.41, 5.74) is -0.705. The maximum Gasteiger partial charge on any atom is 0.524 e. The number of benzene rings is 1. The average Bonchev–Trinajstić information content (AvgIpc) is 2.67. The fraction of sp³-hybridized carbons (Fsp3) is 0.714. The number of hydrogen-bond acceptors (Lipinski definition) is 5. The molecule has 1 aromatic carbocycles. The highest BCUT2D eigenvalue weighted by Gasteiger charge is 2.75. The van der Waals surface area contributed by atoms with Gasteiger partial charge in [-0.15, -0.1) is 11.6 Å². The van der Waals surface area contributed by atoms with Crippen LogP contribution in [0.25, 0.3) is 0 Å². The Labute approximate surface area is 194 Å². The lowest BCUT2D eigenvalue weighted by Crippen LogP contribution is -2.75. The molecule has 0 radical (unpaired) electrons. The summed E-state index contributed by atoms with van der Waals surface area (Å²) >= 11 is 6.50. The third-order valence-corrected chi connectivity index (χ3v) is 7.90. The molecule has 1 aromatic rings. The van der Waals surface area contributed by atoms with Gasteiger partial charge in [-0.25, -0.2) is 9.45 Å². The van der Waals surface area contributed by atoms with E-state index in [4.69, 9.17) is 30.6 Å². The van der Waals surface area contributed by atoms with Gasteiger partial charge in [-0.3, -0.25) is 9.79 Å². The molecule has 4 rings (SSSR count). The zero-order valence-electron chi connectivity index (χ0n) is 18.2. The Hall–Kier alpha value is -0.870. The molecule has 12 heteroatoms. The molecule has 33 heavy (non-hydrogen) atoms. The summed E-state index contributed by atoms with van der Waals surface area (Å²) in [5.74, 6) is -2.17. The van der Waals surface area contributed by atoms with E-state index < -0.39 is 32.0 Å². The molecule has 1 heterocycles. The van der Waals surface area contributed by atoms with Crippen LogP contribution in [0.2, 0.25) is 0 Å². The largest absolute Gasteiger partial charge is 0.524 e. The van der Waals surface area contributed by atoms with Crippen LogP contribution in [0.1, 0.15) is 50.2 Å². The molecule has 6 atom stereocenters. The highest BCUT2D eigenvalue weighted by Crippen LogP contribution is 2.65. The predicted octanol–water partition coefficient (Wildman–Crippen LogP) is 5.35. The fourth-order valence-electron chi connectivity index (χ4n) is 5.88. The minimum Gasteiger partial charge on any atom is -0.404 e. The topological polar surface area (TPSA) is 94.5 Å². The Bertz CT molecular complexity index is 939. The average molecular weight is 515 g/mol. The molecule has 2 aliphatic carbocycles. The van der Waals surface area contributed by atoms with Crippen LogP contribution in [0.4, 0.5) is 13.2 Å². The maximum absolute atomic E-state index is 13.3. The van der Waals surface area contributed by atoms with Gasteiger partial charge >= 0.3 is 14.0 Å². The summed E-state index contributed by atoms with van der Waals surface area (Å²) in [5, 5.41) is -0.139. The first-order valence-electron chi connectivity index (χ1n) is 10.9. The molecule has 3 aliphatic rings. The number of halogens is 4. The smallest absolute Gasteiger partial charge is 0.404 e. The van der Waals surface area contributed by atoms with Crippen LogP contribution < -0.4 is 4.52 Å². The van der Waals surface area contributed by atoms with E-state index in [1.807, 2.05) is 6.92 Å². The Balaban J connectivity index is 1.83. The highest BCUT2D eigenvalue weighted by atomic mass is 35.5. The number of ether oxygens (including phenoxy) is 1. The van der Waals surface area contributed by atoms with Gasteiger partial charge in [0.05, 0.1) is 0 Å². The quantitative estimate of drug-likeness (QED) is 0.300. The van der Waals surface area contributed by atoms with Crippen LogP contribution in [0.3, 0.4) is 0 Å². The lowest BCUT2D eigenvalue weighted by Gasteiger charge is -2.65. The zero-order valence-corrected chi connectivity index (χ0v) is 19.8. The molecule has 6 unspecified atom stereocenters. The molecule has 1 saturated heterocycles. The van der Waals surface area contributed by atoms with Crippen LogP contribution in [0, 0.1) is 24.7 Å². The van der Waals surface area contributed by atoms with E-state index in [1.54, 1.807) is 6.92 Å². The first-order valence-corrected chi connectivity index (χ1v) is 12.8. The molecule has 2 N–H and O–H groups in total. The van der Waals surface area contributed by atoms with E-state index in [0.717, 1.165) is 12.8 Å². The molecule has 0 amide bonds. The molecular weight excluding hydrogens is 488 g/mol. The minimum atomic E-state index is -4.91. The predicted molar refractivity (Wildman–Crippen MR) is 111 cm³/mol. The number of rotatable bonds is 6. The second-order valence-electron chi connectivity index (χ2n) is 9.25. The zero-order chi connectivity index (χ0) is 24.2. The van der Waals surface area contributed by atoms with Crippen molar-refractivity contribution in [2.45, 2.75) is 68.9 Å². The van der Waals surface area contributed by atoms with Crippen LogP contribution in [-0.2, 0) is 24.9 Å². The number of alkyl halides is 4. The van der Waals surface area contributed by atoms with E-state index in [9.17, 15) is 27.5 Å². The Morgan fingerprint density at radius 1 is 1.21 bits per heavy atom. The normalized spacial score (nSPS) is 36.5. The third-order valence-electron chi connectivity index (χ3n) is 7.11. The number of fused-ring (bicyclic) bond motifs is 3. The molecule has 0 aromatic heterocycles. The van der Waals surface area contributed by atoms with Crippen molar-refractivity contribution < 1.29 is 46.6 Å². The van der Waals surface area contributed by atoms with E-state index in [0.29, 0.717) is 30.7 Å².